The van der Waals surface area contributed by atoms with Crippen molar-refractivity contribution < 1.29 is 10.2 Å². The first-order valence-electron chi connectivity index (χ1n) is 10.9. The van der Waals surface area contributed by atoms with Gasteiger partial charge in [0.05, 0.1) is 12.2 Å². The SMILES string of the molecule is CCCCC[C@H](O)/C=C/[C@@H]1[C@H]2C/C(=C\CCCCN(C)C)C[C@H]2C[C@H]1O. The van der Waals surface area contributed by atoms with Crippen LogP contribution in [0.5, 0.6) is 0 Å². The van der Waals surface area contributed by atoms with Gasteiger partial charge in [0, 0.05) is 5.92 Å². The number of fused-ring (bicyclic) bond motifs is 1. The summed E-state index contributed by atoms with van der Waals surface area (Å²) in [4.78, 5) is 2.25. The second kappa shape index (κ2) is 11.3. The Morgan fingerprint density at radius 2 is 1.96 bits per heavy atom. The van der Waals surface area contributed by atoms with Gasteiger partial charge >= 0.3 is 0 Å². The molecular weight excluding hydrogens is 322 g/mol. The highest BCUT2D eigenvalue weighted by Gasteiger charge is 2.44. The molecule has 0 aromatic carbocycles. The van der Waals surface area contributed by atoms with Crippen molar-refractivity contribution in [3.63, 3.8) is 0 Å². The monoisotopic (exact) mass is 363 g/mol. The van der Waals surface area contributed by atoms with Gasteiger partial charge in [-0.1, -0.05) is 50.0 Å². The molecule has 2 fully saturated rings. The van der Waals surface area contributed by atoms with E-state index in [-0.39, 0.29) is 18.1 Å². The Balaban J connectivity index is 1.78. The molecule has 0 spiro atoms. The fraction of sp³-hybridized carbons (Fsp3) is 0.826. The standard InChI is InChI=1S/C23H41NO2/c1-4-5-7-11-20(25)12-13-21-22-16-18(15-19(22)17-23(21)26)10-8-6-9-14-24(2)3/h10,12-13,19-23,25-26H,4-9,11,14-17H2,1-3H3/b13-12+,18-10-/t19-,20-,21+,22-,23+/m0/s1. The van der Waals surface area contributed by atoms with Crippen LogP contribution in [0.3, 0.4) is 0 Å². The van der Waals surface area contributed by atoms with Crippen LogP contribution in [0.2, 0.25) is 0 Å². The minimum absolute atomic E-state index is 0.217. The van der Waals surface area contributed by atoms with Crippen LogP contribution in [0, 0.1) is 17.8 Å². The van der Waals surface area contributed by atoms with Gasteiger partial charge in [-0.05, 0) is 77.4 Å². The predicted molar refractivity (Wildman–Crippen MR) is 110 cm³/mol. The highest BCUT2D eigenvalue weighted by Crippen LogP contribution is 2.50. The van der Waals surface area contributed by atoms with Crippen molar-refractivity contribution >= 4 is 0 Å². The maximum Gasteiger partial charge on any atom is 0.0721 e. The van der Waals surface area contributed by atoms with E-state index in [1.807, 2.05) is 6.08 Å². The summed E-state index contributed by atoms with van der Waals surface area (Å²) < 4.78 is 0. The maximum atomic E-state index is 10.4. The Kier molecular flexibility index (Phi) is 9.38. The van der Waals surface area contributed by atoms with Crippen LogP contribution in [0.4, 0.5) is 0 Å². The smallest absolute Gasteiger partial charge is 0.0721 e. The zero-order valence-electron chi connectivity index (χ0n) is 17.2. The second-order valence-electron chi connectivity index (χ2n) is 8.82. The summed E-state index contributed by atoms with van der Waals surface area (Å²) in [5, 5.41) is 20.6. The molecule has 0 aromatic rings. The van der Waals surface area contributed by atoms with Crippen molar-refractivity contribution in [2.75, 3.05) is 20.6 Å². The van der Waals surface area contributed by atoms with Crippen molar-refractivity contribution in [3.8, 4) is 0 Å². The molecule has 0 bridgehead atoms. The molecule has 3 heteroatoms. The molecule has 0 amide bonds. The molecule has 2 saturated carbocycles. The van der Waals surface area contributed by atoms with Crippen molar-refractivity contribution in [1.29, 1.82) is 0 Å². The lowest BCUT2D eigenvalue weighted by Crippen LogP contribution is -2.17. The molecule has 0 unspecified atom stereocenters. The van der Waals surface area contributed by atoms with Gasteiger partial charge in [-0.3, -0.25) is 0 Å². The van der Waals surface area contributed by atoms with Gasteiger partial charge in [0.15, 0.2) is 0 Å². The molecule has 0 radical (unpaired) electrons. The van der Waals surface area contributed by atoms with Crippen LogP contribution >= 0.6 is 0 Å². The first-order valence-corrected chi connectivity index (χ1v) is 10.9. The van der Waals surface area contributed by atoms with E-state index >= 15 is 0 Å². The largest absolute Gasteiger partial charge is 0.392 e. The van der Waals surface area contributed by atoms with E-state index in [9.17, 15) is 10.2 Å². The van der Waals surface area contributed by atoms with E-state index < -0.39 is 0 Å². The van der Waals surface area contributed by atoms with E-state index in [4.69, 9.17) is 0 Å². The molecule has 0 aliphatic heterocycles. The number of aliphatic hydroxyl groups is 2. The summed E-state index contributed by atoms with van der Waals surface area (Å²) in [6.45, 7) is 3.36. The summed E-state index contributed by atoms with van der Waals surface area (Å²) >= 11 is 0. The summed E-state index contributed by atoms with van der Waals surface area (Å²) in [7, 11) is 4.27. The van der Waals surface area contributed by atoms with Crippen LogP contribution in [-0.4, -0.2) is 48.0 Å². The first kappa shape index (κ1) is 21.7. The van der Waals surface area contributed by atoms with Gasteiger partial charge in [-0.25, -0.2) is 0 Å². The predicted octanol–water partition coefficient (Wildman–Crippen LogP) is 4.55. The van der Waals surface area contributed by atoms with Crippen molar-refractivity contribution in [2.45, 2.75) is 83.3 Å². The van der Waals surface area contributed by atoms with Gasteiger partial charge < -0.3 is 15.1 Å². The number of allylic oxidation sites excluding steroid dienone is 2. The van der Waals surface area contributed by atoms with Crippen LogP contribution in [0.1, 0.15) is 71.1 Å². The molecule has 0 heterocycles. The molecule has 26 heavy (non-hydrogen) atoms. The summed E-state index contributed by atoms with van der Waals surface area (Å²) in [5.74, 6) is 1.46. The van der Waals surface area contributed by atoms with E-state index in [1.165, 1.54) is 45.1 Å². The number of nitrogens with zero attached hydrogens (tertiary/aromatic N) is 1. The lowest BCUT2D eigenvalue weighted by atomic mass is 9.90. The number of aliphatic hydroxyl groups excluding tert-OH is 2. The molecule has 150 valence electrons. The van der Waals surface area contributed by atoms with Gasteiger partial charge in [0.25, 0.3) is 0 Å². The quantitative estimate of drug-likeness (QED) is 0.418. The van der Waals surface area contributed by atoms with Crippen molar-refractivity contribution in [2.24, 2.45) is 17.8 Å². The fourth-order valence-electron chi connectivity index (χ4n) is 4.77. The van der Waals surface area contributed by atoms with Crippen LogP contribution in [0.15, 0.2) is 23.8 Å². The molecular formula is C23H41NO2. The van der Waals surface area contributed by atoms with E-state index in [2.05, 4.69) is 38.1 Å². The fourth-order valence-corrected chi connectivity index (χ4v) is 4.77. The molecule has 0 aromatic heterocycles. The van der Waals surface area contributed by atoms with Crippen molar-refractivity contribution in [1.82, 2.24) is 4.90 Å². The Hall–Kier alpha value is -0.640. The number of hydrogen-bond donors (Lipinski definition) is 2. The van der Waals surface area contributed by atoms with Gasteiger partial charge in [-0.2, -0.15) is 0 Å². The molecule has 2 N–H and O–H groups in total. The van der Waals surface area contributed by atoms with Crippen molar-refractivity contribution in [3.05, 3.63) is 23.8 Å². The number of hydrogen-bond acceptors (Lipinski definition) is 3. The third kappa shape index (κ3) is 6.83. The average molecular weight is 364 g/mol. The highest BCUT2D eigenvalue weighted by molar-refractivity contribution is 5.17. The average Bonchev–Trinajstić information content (AvgIpc) is 3.09. The van der Waals surface area contributed by atoms with E-state index in [0.717, 1.165) is 25.7 Å². The van der Waals surface area contributed by atoms with Crippen LogP contribution in [0.25, 0.3) is 0 Å². The minimum Gasteiger partial charge on any atom is -0.392 e. The lowest BCUT2D eigenvalue weighted by molar-refractivity contribution is 0.139. The Morgan fingerprint density at radius 3 is 2.69 bits per heavy atom. The first-order chi connectivity index (χ1) is 12.5. The van der Waals surface area contributed by atoms with Gasteiger partial charge in [0.1, 0.15) is 0 Å². The second-order valence-corrected chi connectivity index (χ2v) is 8.82. The van der Waals surface area contributed by atoms with Gasteiger partial charge in [0.2, 0.25) is 0 Å². The molecule has 5 atom stereocenters. The van der Waals surface area contributed by atoms with E-state index in [0.29, 0.717) is 11.8 Å². The highest BCUT2D eigenvalue weighted by atomic mass is 16.3. The minimum atomic E-state index is -0.346. The van der Waals surface area contributed by atoms with Gasteiger partial charge in [-0.15, -0.1) is 0 Å². The van der Waals surface area contributed by atoms with Crippen LogP contribution in [-0.2, 0) is 0 Å². The zero-order valence-corrected chi connectivity index (χ0v) is 17.2. The third-order valence-electron chi connectivity index (χ3n) is 6.26. The van der Waals surface area contributed by atoms with Crippen LogP contribution < -0.4 is 0 Å². The number of rotatable bonds is 11. The summed E-state index contributed by atoms with van der Waals surface area (Å²) in [5.41, 5.74) is 1.61. The Labute approximate surface area is 161 Å². The van der Waals surface area contributed by atoms with E-state index in [1.54, 1.807) is 5.57 Å². The molecule has 3 nitrogen and oxygen atoms in total. The summed E-state index contributed by atoms with van der Waals surface area (Å²) in [6, 6.07) is 0. The lowest BCUT2D eigenvalue weighted by Gasteiger charge is -2.17. The maximum absolute atomic E-state index is 10.4. The zero-order chi connectivity index (χ0) is 18.9. The molecule has 2 rings (SSSR count). The Bertz CT molecular complexity index is 457. The summed E-state index contributed by atoms with van der Waals surface area (Å²) in [6.07, 6.45) is 17.3. The third-order valence-corrected chi connectivity index (χ3v) is 6.26. The Morgan fingerprint density at radius 1 is 1.15 bits per heavy atom. The molecule has 2 aliphatic carbocycles. The normalized spacial score (nSPS) is 31.4. The molecule has 0 saturated heterocycles. The topological polar surface area (TPSA) is 43.7 Å². The molecule has 2 aliphatic rings. The number of unbranched alkanes of at least 4 members (excludes halogenated alkanes) is 4.